The van der Waals surface area contributed by atoms with Gasteiger partial charge in [0.05, 0.1) is 12.4 Å². The van der Waals surface area contributed by atoms with Gasteiger partial charge in [-0.25, -0.2) is 18.4 Å². The van der Waals surface area contributed by atoms with Crippen molar-refractivity contribution in [3.63, 3.8) is 0 Å². The molecule has 7 nitrogen and oxygen atoms in total. The molecule has 0 aliphatic carbocycles. The molecule has 120 valence electrons. The zero-order valence-electron chi connectivity index (χ0n) is 13.2. The standard InChI is InChI=1S/C13H25N5O2S/c1-5-14-13-15-10-12(11-16-13)21(19,20)18(6-2)9-7-8-17(3)4/h10-11H,5-9H2,1-4H3,(H,14,15,16). The van der Waals surface area contributed by atoms with E-state index in [4.69, 9.17) is 0 Å². The Hall–Kier alpha value is -1.25. The molecule has 21 heavy (non-hydrogen) atoms. The van der Waals surface area contributed by atoms with Crippen molar-refractivity contribution in [3.05, 3.63) is 12.4 Å². The predicted octanol–water partition coefficient (Wildman–Crippen LogP) is 0.871. The highest BCUT2D eigenvalue weighted by Crippen LogP contribution is 2.14. The van der Waals surface area contributed by atoms with Crippen LogP contribution in [0.1, 0.15) is 20.3 Å². The molecular weight excluding hydrogens is 290 g/mol. The molecule has 1 aromatic heterocycles. The summed E-state index contributed by atoms with van der Waals surface area (Å²) in [6, 6.07) is 0. The smallest absolute Gasteiger partial charge is 0.246 e. The monoisotopic (exact) mass is 315 g/mol. The van der Waals surface area contributed by atoms with Gasteiger partial charge in [-0.3, -0.25) is 0 Å². The second kappa shape index (κ2) is 8.26. The van der Waals surface area contributed by atoms with Gasteiger partial charge in [0.15, 0.2) is 0 Å². The van der Waals surface area contributed by atoms with Crippen LogP contribution in [0.5, 0.6) is 0 Å². The molecule has 0 amide bonds. The summed E-state index contributed by atoms with van der Waals surface area (Å²) in [6.07, 6.45) is 3.50. The molecule has 1 aromatic rings. The second-order valence-corrected chi connectivity index (χ2v) is 6.86. The Bertz CT molecular complexity index is 516. The normalized spacial score (nSPS) is 12.1. The number of aromatic nitrogens is 2. The third-order valence-electron chi connectivity index (χ3n) is 2.97. The van der Waals surface area contributed by atoms with Gasteiger partial charge >= 0.3 is 0 Å². The van der Waals surface area contributed by atoms with E-state index in [2.05, 4.69) is 15.3 Å². The van der Waals surface area contributed by atoms with Crippen molar-refractivity contribution in [3.8, 4) is 0 Å². The molecule has 0 radical (unpaired) electrons. The largest absolute Gasteiger partial charge is 0.355 e. The third kappa shape index (κ3) is 5.22. The molecule has 0 saturated heterocycles. The van der Waals surface area contributed by atoms with Crippen LogP contribution in [0.15, 0.2) is 17.3 Å². The number of nitrogens with zero attached hydrogens (tertiary/aromatic N) is 4. The number of sulfonamides is 1. The molecule has 0 unspecified atom stereocenters. The summed E-state index contributed by atoms with van der Waals surface area (Å²) in [5.74, 6) is 0.437. The SMILES string of the molecule is CCNc1ncc(S(=O)(=O)N(CC)CCCN(C)C)cn1. The van der Waals surface area contributed by atoms with Crippen molar-refractivity contribution in [1.29, 1.82) is 0 Å². The van der Waals surface area contributed by atoms with Crippen molar-refractivity contribution in [2.24, 2.45) is 0 Å². The van der Waals surface area contributed by atoms with Crippen LogP contribution < -0.4 is 5.32 Å². The van der Waals surface area contributed by atoms with Crippen LogP contribution in [-0.2, 0) is 10.0 Å². The third-order valence-corrected chi connectivity index (χ3v) is 4.89. The number of hydrogen-bond acceptors (Lipinski definition) is 6. The molecule has 0 aromatic carbocycles. The van der Waals surface area contributed by atoms with Gasteiger partial charge in [-0.1, -0.05) is 6.92 Å². The van der Waals surface area contributed by atoms with Crippen molar-refractivity contribution < 1.29 is 8.42 Å². The van der Waals surface area contributed by atoms with Gasteiger partial charge in [0.2, 0.25) is 16.0 Å². The van der Waals surface area contributed by atoms with Crippen LogP contribution in [0.3, 0.4) is 0 Å². The Balaban J connectivity index is 2.80. The van der Waals surface area contributed by atoms with Gasteiger partial charge in [-0.2, -0.15) is 4.31 Å². The van der Waals surface area contributed by atoms with Crippen LogP contribution in [-0.4, -0.2) is 67.9 Å². The summed E-state index contributed by atoms with van der Waals surface area (Å²) in [7, 11) is 0.422. The summed E-state index contributed by atoms with van der Waals surface area (Å²) in [4.78, 5) is 10.2. The minimum absolute atomic E-state index is 0.135. The van der Waals surface area contributed by atoms with Crippen LogP contribution in [0, 0.1) is 0 Å². The molecule has 0 atom stereocenters. The quantitative estimate of drug-likeness (QED) is 0.728. The lowest BCUT2D eigenvalue weighted by atomic mass is 10.4. The van der Waals surface area contributed by atoms with E-state index in [1.807, 2.05) is 32.8 Å². The van der Waals surface area contributed by atoms with Crippen molar-refractivity contribution in [1.82, 2.24) is 19.2 Å². The van der Waals surface area contributed by atoms with E-state index in [9.17, 15) is 8.42 Å². The van der Waals surface area contributed by atoms with Crippen LogP contribution >= 0.6 is 0 Å². The first kappa shape index (κ1) is 17.8. The molecule has 1 rings (SSSR count). The summed E-state index contributed by atoms with van der Waals surface area (Å²) >= 11 is 0. The lowest BCUT2D eigenvalue weighted by Gasteiger charge is -2.21. The predicted molar refractivity (Wildman–Crippen MR) is 83.8 cm³/mol. The summed E-state index contributed by atoms with van der Waals surface area (Å²) in [5.41, 5.74) is 0. The molecule has 0 fully saturated rings. The second-order valence-electron chi connectivity index (χ2n) is 4.93. The zero-order chi connectivity index (χ0) is 15.9. The van der Waals surface area contributed by atoms with E-state index in [-0.39, 0.29) is 4.90 Å². The molecule has 8 heteroatoms. The maximum absolute atomic E-state index is 12.5. The topological polar surface area (TPSA) is 78.4 Å². The fourth-order valence-electron chi connectivity index (χ4n) is 1.86. The fourth-order valence-corrected chi connectivity index (χ4v) is 3.24. The molecule has 0 bridgehead atoms. The maximum atomic E-state index is 12.5. The molecule has 1 heterocycles. The molecule has 0 aliphatic heterocycles. The van der Waals surface area contributed by atoms with Gasteiger partial charge in [0.25, 0.3) is 0 Å². The first-order chi connectivity index (χ1) is 9.91. The number of nitrogens with one attached hydrogen (secondary N) is 1. The van der Waals surface area contributed by atoms with E-state index >= 15 is 0 Å². The lowest BCUT2D eigenvalue weighted by molar-refractivity contribution is 0.356. The number of rotatable bonds is 9. The van der Waals surface area contributed by atoms with Crippen LogP contribution in [0.25, 0.3) is 0 Å². The van der Waals surface area contributed by atoms with Crippen LogP contribution in [0.4, 0.5) is 5.95 Å². The van der Waals surface area contributed by atoms with E-state index in [0.717, 1.165) is 13.0 Å². The average molecular weight is 315 g/mol. The lowest BCUT2D eigenvalue weighted by Crippen LogP contribution is -2.33. The minimum atomic E-state index is -3.52. The van der Waals surface area contributed by atoms with E-state index in [0.29, 0.717) is 25.6 Å². The Labute approximate surface area is 127 Å². The van der Waals surface area contributed by atoms with Gasteiger partial charge in [0, 0.05) is 19.6 Å². The minimum Gasteiger partial charge on any atom is -0.355 e. The number of hydrogen-bond donors (Lipinski definition) is 1. The molecular formula is C13H25N5O2S. The highest BCUT2D eigenvalue weighted by Gasteiger charge is 2.23. The highest BCUT2D eigenvalue weighted by molar-refractivity contribution is 7.89. The van der Waals surface area contributed by atoms with Crippen molar-refractivity contribution in [2.75, 3.05) is 45.6 Å². The fraction of sp³-hybridized carbons (Fsp3) is 0.692. The first-order valence-electron chi connectivity index (χ1n) is 7.12. The Morgan fingerprint density at radius 2 is 1.76 bits per heavy atom. The van der Waals surface area contributed by atoms with E-state index in [1.165, 1.54) is 16.7 Å². The van der Waals surface area contributed by atoms with Gasteiger partial charge in [0.1, 0.15) is 4.90 Å². The zero-order valence-corrected chi connectivity index (χ0v) is 14.0. The first-order valence-corrected chi connectivity index (χ1v) is 8.56. The molecule has 1 N–H and O–H groups in total. The van der Waals surface area contributed by atoms with Crippen molar-refractivity contribution in [2.45, 2.75) is 25.2 Å². The molecule has 0 saturated carbocycles. The van der Waals surface area contributed by atoms with Crippen LogP contribution in [0.2, 0.25) is 0 Å². The molecule has 0 aliphatic rings. The Morgan fingerprint density at radius 1 is 1.14 bits per heavy atom. The summed E-state index contributed by atoms with van der Waals surface area (Å²) in [6.45, 7) is 6.23. The highest BCUT2D eigenvalue weighted by atomic mass is 32.2. The molecule has 0 spiro atoms. The average Bonchev–Trinajstić information content (AvgIpc) is 2.44. The Kier molecular flexibility index (Phi) is 7.00. The van der Waals surface area contributed by atoms with Crippen molar-refractivity contribution >= 4 is 16.0 Å². The number of anilines is 1. The van der Waals surface area contributed by atoms with Gasteiger partial charge in [-0.15, -0.1) is 0 Å². The summed E-state index contributed by atoms with van der Waals surface area (Å²) < 4.78 is 26.5. The van der Waals surface area contributed by atoms with Gasteiger partial charge in [-0.05, 0) is 34.0 Å². The van der Waals surface area contributed by atoms with E-state index in [1.54, 1.807) is 0 Å². The Morgan fingerprint density at radius 3 is 2.24 bits per heavy atom. The van der Waals surface area contributed by atoms with E-state index < -0.39 is 10.0 Å². The van der Waals surface area contributed by atoms with Gasteiger partial charge < -0.3 is 10.2 Å². The summed E-state index contributed by atoms with van der Waals surface area (Å²) in [5, 5.41) is 2.94. The maximum Gasteiger partial charge on any atom is 0.246 e.